The topological polar surface area (TPSA) is 57.3 Å². The second-order valence-electron chi connectivity index (χ2n) is 8.44. The van der Waals surface area contributed by atoms with Gasteiger partial charge in [-0.05, 0) is 64.4 Å². The molecular weight excluding hydrogens is 372 g/mol. The summed E-state index contributed by atoms with van der Waals surface area (Å²) in [5.41, 5.74) is 3.74. The Bertz CT molecular complexity index is 737. The zero-order chi connectivity index (χ0) is 21.2. The van der Waals surface area contributed by atoms with Gasteiger partial charge in [-0.1, -0.05) is 31.6 Å². The van der Waals surface area contributed by atoms with E-state index in [2.05, 4.69) is 46.2 Å². The molecule has 1 saturated heterocycles. The molecule has 1 aliphatic carbocycles. The molecule has 2 aliphatic rings. The monoisotopic (exact) mass is 410 g/mol. The molecule has 1 aromatic rings. The van der Waals surface area contributed by atoms with Crippen molar-refractivity contribution in [3.05, 3.63) is 30.6 Å². The molecule has 1 fully saturated rings. The van der Waals surface area contributed by atoms with Crippen molar-refractivity contribution in [1.29, 1.82) is 0 Å². The summed E-state index contributed by atoms with van der Waals surface area (Å²) < 4.78 is 0. The summed E-state index contributed by atoms with van der Waals surface area (Å²) in [6.45, 7) is 8.86. The lowest BCUT2D eigenvalue weighted by molar-refractivity contribution is -0.120. The number of carbonyl (C=O) groups is 1. The lowest BCUT2D eigenvalue weighted by Gasteiger charge is -2.33. The second-order valence-corrected chi connectivity index (χ2v) is 8.44. The van der Waals surface area contributed by atoms with Crippen LogP contribution in [-0.4, -0.2) is 30.5 Å². The molecule has 3 rings (SSSR count). The number of amides is 1. The van der Waals surface area contributed by atoms with Gasteiger partial charge in [-0.25, -0.2) is 0 Å². The maximum atomic E-state index is 13.3. The molecule has 2 heterocycles. The molecule has 0 radical (unpaired) electrons. The van der Waals surface area contributed by atoms with E-state index >= 15 is 0 Å². The molecule has 5 nitrogen and oxygen atoms in total. The number of allylic oxidation sites excluding steroid dienone is 2. The predicted molar refractivity (Wildman–Crippen MR) is 128 cm³/mol. The van der Waals surface area contributed by atoms with Gasteiger partial charge in [-0.3, -0.25) is 9.78 Å². The largest absolute Gasteiger partial charge is 0.382 e. The fourth-order valence-electron chi connectivity index (χ4n) is 4.56. The van der Waals surface area contributed by atoms with Crippen LogP contribution in [-0.2, 0) is 4.79 Å². The Morgan fingerprint density at radius 2 is 1.90 bits per heavy atom. The smallest absolute Gasteiger partial charge is 0.227 e. The van der Waals surface area contributed by atoms with E-state index in [1.165, 1.54) is 38.5 Å². The first-order valence-corrected chi connectivity index (χ1v) is 11.8. The second kappa shape index (κ2) is 11.8. The predicted octanol–water partition coefficient (Wildman–Crippen LogP) is 6.00. The highest BCUT2D eigenvalue weighted by Gasteiger charge is 2.24. The van der Waals surface area contributed by atoms with Crippen molar-refractivity contribution >= 4 is 29.0 Å². The molecule has 0 aromatic carbocycles. The quantitative estimate of drug-likeness (QED) is 0.565. The van der Waals surface area contributed by atoms with Crippen molar-refractivity contribution in [3.8, 4) is 0 Å². The summed E-state index contributed by atoms with van der Waals surface area (Å²) >= 11 is 0. The summed E-state index contributed by atoms with van der Waals surface area (Å²) in [6.07, 6.45) is 19.4. The standard InChI is InChI=1S/C25H38N4O/c1-3-21-23(26-4-2)24(29-17-13-10-14-18-29)22(19-27-21)28-25(30)20-15-11-8-6-5-7-9-12-16-20/h3,6,8,19-20,26H,1,4-5,7,9-18H2,2H3,(H,28,30)/b8-6-. The van der Waals surface area contributed by atoms with Gasteiger partial charge in [0.1, 0.15) is 0 Å². The summed E-state index contributed by atoms with van der Waals surface area (Å²) in [5, 5.41) is 6.75. The number of rotatable bonds is 6. The number of piperidine rings is 1. The molecule has 164 valence electrons. The first-order chi connectivity index (χ1) is 14.7. The average Bonchev–Trinajstić information content (AvgIpc) is 2.78. The third-order valence-electron chi connectivity index (χ3n) is 6.20. The molecule has 5 heteroatoms. The first kappa shape index (κ1) is 22.4. The van der Waals surface area contributed by atoms with Crippen LogP contribution in [0.5, 0.6) is 0 Å². The number of aromatic nitrogens is 1. The molecule has 1 aromatic heterocycles. The van der Waals surface area contributed by atoms with Gasteiger partial charge < -0.3 is 15.5 Å². The van der Waals surface area contributed by atoms with E-state index in [0.29, 0.717) is 0 Å². The highest BCUT2D eigenvalue weighted by Crippen LogP contribution is 2.38. The van der Waals surface area contributed by atoms with Crippen molar-refractivity contribution in [2.24, 2.45) is 5.92 Å². The molecular formula is C25H38N4O. The third-order valence-corrected chi connectivity index (χ3v) is 6.20. The minimum Gasteiger partial charge on any atom is -0.382 e. The van der Waals surface area contributed by atoms with Crippen LogP contribution in [0.15, 0.2) is 24.9 Å². The summed E-state index contributed by atoms with van der Waals surface area (Å²) in [6, 6.07) is 0. The molecule has 30 heavy (non-hydrogen) atoms. The van der Waals surface area contributed by atoms with Crippen LogP contribution in [0.3, 0.4) is 0 Å². The van der Waals surface area contributed by atoms with Crippen LogP contribution in [0, 0.1) is 5.92 Å². The number of hydrogen-bond acceptors (Lipinski definition) is 4. The Morgan fingerprint density at radius 1 is 1.13 bits per heavy atom. The van der Waals surface area contributed by atoms with Crippen molar-refractivity contribution in [1.82, 2.24) is 4.98 Å². The van der Waals surface area contributed by atoms with Crippen molar-refractivity contribution < 1.29 is 4.79 Å². The van der Waals surface area contributed by atoms with Crippen LogP contribution in [0.2, 0.25) is 0 Å². The minimum atomic E-state index is 0.0589. The van der Waals surface area contributed by atoms with E-state index in [-0.39, 0.29) is 11.8 Å². The van der Waals surface area contributed by atoms with E-state index in [0.717, 1.165) is 68.1 Å². The van der Waals surface area contributed by atoms with E-state index in [1.54, 1.807) is 6.08 Å². The summed E-state index contributed by atoms with van der Waals surface area (Å²) in [7, 11) is 0. The van der Waals surface area contributed by atoms with E-state index in [4.69, 9.17) is 0 Å². The molecule has 0 bridgehead atoms. The number of nitrogens with zero attached hydrogens (tertiary/aromatic N) is 2. The normalized spacial score (nSPS) is 21.5. The van der Waals surface area contributed by atoms with Gasteiger partial charge >= 0.3 is 0 Å². The summed E-state index contributed by atoms with van der Waals surface area (Å²) in [5.74, 6) is 0.196. The minimum absolute atomic E-state index is 0.0589. The van der Waals surface area contributed by atoms with Gasteiger partial charge in [0.15, 0.2) is 0 Å². The zero-order valence-corrected chi connectivity index (χ0v) is 18.6. The molecule has 1 aliphatic heterocycles. The molecule has 1 amide bonds. The number of hydrogen-bond donors (Lipinski definition) is 2. The number of pyridine rings is 1. The first-order valence-electron chi connectivity index (χ1n) is 11.8. The Balaban J connectivity index is 1.86. The lowest BCUT2D eigenvalue weighted by Crippen LogP contribution is -2.32. The van der Waals surface area contributed by atoms with Crippen molar-refractivity contribution in [2.75, 3.05) is 35.2 Å². The van der Waals surface area contributed by atoms with Crippen LogP contribution in [0.1, 0.15) is 76.8 Å². The summed E-state index contributed by atoms with van der Waals surface area (Å²) in [4.78, 5) is 20.3. The van der Waals surface area contributed by atoms with Crippen LogP contribution < -0.4 is 15.5 Å². The van der Waals surface area contributed by atoms with Gasteiger partial charge in [0.2, 0.25) is 5.91 Å². The average molecular weight is 411 g/mol. The highest BCUT2D eigenvalue weighted by atomic mass is 16.1. The number of anilines is 3. The van der Waals surface area contributed by atoms with Crippen LogP contribution in [0.4, 0.5) is 17.1 Å². The Hall–Kier alpha value is -2.30. The van der Waals surface area contributed by atoms with E-state index in [9.17, 15) is 4.79 Å². The third kappa shape index (κ3) is 5.87. The number of carbonyl (C=O) groups excluding carboxylic acids is 1. The van der Waals surface area contributed by atoms with Crippen molar-refractivity contribution in [3.63, 3.8) is 0 Å². The van der Waals surface area contributed by atoms with Crippen LogP contribution >= 0.6 is 0 Å². The molecule has 0 saturated carbocycles. The van der Waals surface area contributed by atoms with Crippen LogP contribution in [0.25, 0.3) is 6.08 Å². The Morgan fingerprint density at radius 3 is 2.67 bits per heavy atom. The zero-order valence-electron chi connectivity index (χ0n) is 18.6. The van der Waals surface area contributed by atoms with E-state index in [1.807, 2.05) is 6.20 Å². The van der Waals surface area contributed by atoms with Gasteiger partial charge in [0.25, 0.3) is 0 Å². The molecule has 1 unspecified atom stereocenters. The van der Waals surface area contributed by atoms with Gasteiger partial charge in [-0.15, -0.1) is 0 Å². The van der Waals surface area contributed by atoms with Gasteiger partial charge in [-0.2, -0.15) is 0 Å². The van der Waals surface area contributed by atoms with Crippen molar-refractivity contribution in [2.45, 2.75) is 71.1 Å². The van der Waals surface area contributed by atoms with E-state index < -0.39 is 0 Å². The fourth-order valence-corrected chi connectivity index (χ4v) is 4.56. The van der Waals surface area contributed by atoms with Gasteiger partial charge in [0.05, 0.1) is 29.0 Å². The Labute approximate surface area is 182 Å². The number of nitrogens with one attached hydrogen (secondary N) is 2. The highest BCUT2D eigenvalue weighted by molar-refractivity contribution is 5.99. The lowest BCUT2D eigenvalue weighted by atomic mass is 9.93. The van der Waals surface area contributed by atoms with Gasteiger partial charge in [0, 0.05) is 25.6 Å². The molecule has 2 N–H and O–H groups in total. The molecule has 1 atom stereocenters. The maximum Gasteiger partial charge on any atom is 0.227 e. The maximum absolute atomic E-state index is 13.3. The SMILES string of the molecule is C=Cc1ncc(NC(=O)C2CC/C=C\CCCCC2)c(N2CCCCC2)c1NCC. The Kier molecular flexibility index (Phi) is 8.79. The molecule has 0 spiro atoms. The fraction of sp³-hybridized carbons (Fsp3) is 0.600.